The molecule has 1 saturated heterocycles. The largest absolute Gasteiger partial charge is 0.496 e. The van der Waals surface area contributed by atoms with E-state index in [9.17, 15) is 4.79 Å². The van der Waals surface area contributed by atoms with Crippen molar-refractivity contribution in [2.45, 2.75) is 51.4 Å². The van der Waals surface area contributed by atoms with Gasteiger partial charge in [-0.25, -0.2) is 0 Å². The first-order valence-electron chi connectivity index (χ1n) is 10.2. The van der Waals surface area contributed by atoms with E-state index in [1.165, 1.54) is 35.7 Å². The number of benzene rings is 2. The minimum absolute atomic E-state index is 0.139. The second-order valence-corrected chi connectivity index (χ2v) is 11.1. The van der Waals surface area contributed by atoms with Crippen LogP contribution in [0.5, 0.6) is 5.75 Å². The SMILES string of the molecule is COc1ccc(C=C2SC(=S)NC2=O)cc1-c1ccc2c(c1)C(C)(C)CCC2(C)C. The molecule has 0 atom stereocenters. The standard InChI is InChI=1S/C25H27NO2S2/c1-24(2)10-11-25(3,4)19-14-16(7-8-18(19)24)17-12-15(6-9-20(17)28-5)13-21-22(27)26-23(29)30-21/h6-9,12-14H,10-11H2,1-5H3,(H,26,27,29). The van der Waals surface area contributed by atoms with Crippen LogP contribution in [0, 0.1) is 0 Å². The molecule has 1 fully saturated rings. The van der Waals surface area contributed by atoms with Crippen LogP contribution in [0.25, 0.3) is 17.2 Å². The predicted molar refractivity (Wildman–Crippen MR) is 130 cm³/mol. The van der Waals surface area contributed by atoms with Crippen LogP contribution in [-0.4, -0.2) is 17.3 Å². The Morgan fingerprint density at radius 1 is 1.03 bits per heavy atom. The van der Waals surface area contributed by atoms with Gasteiger partial charge in [0.15, 0.2) is 0 Å². The molecule has 1 aliphatic heterocycles. The number of rotatable bonds is 3. The van der Waals surface area contributed by atoms with Crippen molar-refractivity contribution >= 4 is 40.3 Å². The zero-order valence-corrected chi connectivity index (χ0v) is 19.7. The second kappa shape index (κ2) is 7.54. The number of amides is 1. The number of hydrogen-bond donors (Lipinski definition) is 1. The maximum atomic E-state index is 12.0. The first-order valence-corrected chi connectivity index (χ1v) is 11.4. The number of methoxy groups -OCH3 is 1. The van der Waals surface area contributed by atoms with Crippen LogP contribution >= 0.6 is 24.0 Å². The van der Waals surface area contributed by atoms with E-state index in [0.717, 1.165) is 22.4 Å². The molecule has 5 heteroatoms. The summed E-state index contributed by atoms with van der Waals surface area (Å²) in [4.78, 5) is 12.7. The average molecular weight is 438 g/mol. The molecule has 2 aromatic rings. The molecular formula is C25H27NO2S2. The molecule has 30 heavy (non-hydrogen) atoms. The highest BCUT2D eigenvalue weighted by Gasteiger charge is 2.37. The van der Waals surface area contributed by atoms with Crippen molar-refractivity contribution in [3.05, 3.63) is 58.0 Å². The fourth-order valence-electron chi connectivity index (χ4n) is 4.37. The molecule has 0 bridgehead atoms. The maximum Gasteiger partial charge on any atom is 0.263 e. The van der Waals surface area contributed by atoms with E-state index in [1.807, 2.05) is 18.2 Å². The summed E-state index contributed by atoms with van der Waals surface area (Å²) in [5.41, 5.74) is 6.29. The molecule has 1 N–H and O–H groups in total. The number of thiocarbonyl (C=S) groups is 1. The number of carbonyl (C=O) groups is 1. The van der Waals surface area contributed by atoms with Gasteiger partial charge in [-0.1, -0.05) is 75.9 Å². The Labute approximate surface area is 188 Å². The van der Waals surface area contributed by atoms with Crippen molar-refractivity contribution in [1.29, 1.82) is 0 Å². The third kappa shape index (κ3) is 3.81. The van der Waals surface area contributed by atoms with Crippen molar-refractivity contribution in [3.63, 3.8) is 0 Å². The van der Waals surface area contributed by atoms with Gasteiger partial charge in [0.25, 0.3) is 5.91 Å². The molecule has 156 valence electrons. The fourth-order valence-corrected chi connectivity index (χ4v) is 5.41. The average Bonchev–Trinajstić information content (AvgIpc) is 3.02. The van der Waals surface area contributed by atoms with Crippen LogP contribution in [0.15, 0.2) is 41.3 Å². The van der Waals surface area contributed by atoms with Crippen LogP contribution in [0.4, 0.5) is 0 Å². The van der Waals surface area contributed by atoms with Gasteiger partial charge in [-0.05, 0) is 64.1 Å². The highest BCUT2D eigenvalue weighted by Crippen LogP contribution is 2.47. The minimum atomic E-state index is -0.139. The molecular weight excluding hydrogens is 410 g/mol. The molecule has 2 aliphatic rings. The summed E-state index contributed by atoms with van der Waals surface area (Å²) >= 11 is 6.40. The Morgan fingerprint density at radius 2 is 1.73 bits per heavy atom. The molecule has 0 aromatic heterocycles. The van der Waals surface area contributed by atoms with Crippen LogP contribution in [0.2, 0.25) is 0 Å². The monoisotopic (exact) mass is 437 g/mol. The summed E-state index contributed by atoms with van der Waals surface area (Å²) in [6.07, 6.45) is 4.25. The van der Waals surface area contributed by atoms with E-state index in [2.05, 4.69) is 57.3 Å². The normalized spacial score (nSPS) is 20.8. The van der Waals surface area contributed by atoms with Gasteiger partial charge in [-0.15, -0.1) is 0 Å². The summed E-state index contributed by atoms with van der Waals surface area (Å²) in [6, 6.07) is 12.8. The lowest BCUT2D eigenvalue weighted by Crippen LogP contribution is -2.33. The highest BCUT2D eigenvalue weighted by molar-refractivity contribution is 8.26. The summed E-state index contributed by atoms with van der Waals surface area (Å²) in [5.74, 6) is 0.684. The number of carbonyl (C=O) groups excluding carboxylic acids is 1. The Bertz CT molecular complexity index is 1080. The first-order chi connectivity index (χ1) is 14.1. The zero-order chi connectivity index (χ0) is 21.7. The van der Waals surface area contributed by atoms with E-state index in [1.54, 1.807) is 7.11 Å². The molecule has 0 unspecified atom stereocenters. The van der Waals surface area contributed by atoms with Crippen LogP contribution in [0.3, 0.4) is 0 Å². The van der Waals surface area contributed by atoms with E-state index in [0.29, 0.717) is 9.23 Å². The van der Waals surface area contributed by atoms with Gasteiger partial charge >= 0.3 is 0 Å². The van der Waals surface area contributed by atoms with E-state index in [4.69, 9.17) is 17.0 Å². The van der Waals surface area contributed by atoms with Crippen LogP contribution in [-0.2, 0) is 15.6 Å². The summed E-state index contributed by atoms with van der Waals surface area (Å²) in [7, 11) is 1.70. The molecule has 0 spiro atoms. The highest BCUT2D eigenvalue weighted by atomic mass is 32.2. The molecule has 1 amide bonds. The third-order valence-electron chi connectivity index (χ3n) is 6.33. The number of nitrogens with one attached hydrogen (secondary N) is 1. The molecule has 2 aromatic carbocycles. The number of hydrogen-bond acceptors (Lipinski definition) is 4. The minimum Gasteiger partial charge on any atom is -0.496 e. The van der Waals surface area contributed by atoms with Gasteiger partial charge in [0, 0.05) is 5.56 Å². The van der Waals surface area contributed by atoms with Gasteiger partial charge in [0.2, 0.25) is 0 Å². The van der Waals surface area contributed by atoms with Crippen molar-refractivity contribution in [3.8, 4) is 16.9 Å². The van der Waals surface area contributed by atoms with Crippen LogP contribution in [0.1, 0.15) is 57.2 Å². The topological polar surface area (TPSA) is 38.3 Å². The van der Waals surface area contributed by atoms with Gasteiger partial charge in [0.05, 0.1) is 12.0 Å². The molecule has 4 rings (SSSR count). The van der Waals surface area contributed by atoms with Crippen molar-refractivity contribution < 1.29 is 9.53 Å². The molecule has 1 heterocycles. The van der Waals surface area contributed by atoms with Crippen molar-refractivity contribution in [2.75, 3.05) is 7.11 Å². The van der Waals surface area contributed by atoms with Gasteiger partial charge in [-0.3, -0.25) is 4.79 Å². The molecule has 3 nitrogen and oxygen atoms in total. The molecule has 1 aliphatic carbocycles. The van der Waals surface area contributed by atoms with Crippen molar-refractivity contribution in [2.24, 2.45) is 0 Å². The van der Waals surface area contributed by atoms with Gasteiger partial charge in [0.1, 0.15) is 10.1 Å². The third-order valence-corrected chi connectivity index (χ3v) is 7.49. The summed E-state index contributed by atoms with van der Waals surface area (Å²) < 4.78 is 6.17. The quantitative estimate of drug-likeness (QED) is 0.458. The second-order valence-electron chi connectivity index (χ2n) is 9.34. The Balaban J connectivity index is 1.82. The summed E-state index contributed by atoms with van der Waals surface area (Å²) in [6.45, 7) is 9.34. The number of ether oxygens (including phenoxy) is 1. The molecule has 0 radical (unpaired) electrons. The predicted octanol–water partition coefficient (Wildman–Crippen LogP) is 6.20. The smallest absolute Gasteiger partial charge is 0.263 e. The Hall–Kier alpha value is -2.11. The van der Waals surface area contributed by atoms with E-state index >= 15 is 0 Å². The maximum absolute atomic E-state index is 12.0. The van der Waals surface area contributed by atoms with Crippen LogP contribution < -0.4 is 10.1 Å². The number of fused-ring (bicyclic) bond motifs is 1. The lowest BCUT2D eigenvalue weighted by Gasteiger charge is -2.42. The zero-order valence-electron chi connectivity index (χ0n) is 18.1. The first kappa shape index (κ1) is 21.1. The lowest BCUT2D eigenvalue weighted by molar-refractivity contribution is -0.115. The van der Waals surface area contributed by atoms with Gasteiger partial charge < -0.3 is 10.1 Å². The van der Waals surface area contributed by atoms with Crippen molar-refractivity contribution in [1.82, 2.24) is 5.32 Å². The lowest BCUT2D eigenvalue weighted by atomic mass is 9.63. The summed E-state index contributed by atoms with van der Waals surface area (Å²) in [5, 5.41) is 2.67. The van der Waals surface area contributed by atoms with E-state index < -0.39 is 0 Å². The Kier molecular flexibility index (Phi) is 5.31. The Morgan fingerprint density at radius 3 is 2.37 bits per heavy atom. The fraction of sp³-hybridized carbons (Fsp3) is 0.360. The molecule has 0 saturated carbocycles. The van der Waals surface area contributed by atoms with Gasteiger partial charge in [-0.2, -0.15) is 0 Å². The van der Waals surface area contributed by atoms with E-state index in [-0.39, 0.29) is 16.7 Å². The number of thioether (sulfide) groups is 1.